The maximum Gasteiger partial charge on any atom is 0.310 e. The van der Waals surface area contributed by atoms with Gasteiger partial charge in [-0.3, -0.25) is 19.9 Å². The molecule has 0 aliphatic carbocycles. The van der Waals surface area contributed by atoms with Gasteiger partial charge in [-0.05, 0) is 49.2 Å². The van der Waals surface area contributed by atoms with Crippen LogP contribution in [0.3, 0.4) is 0 Å². The zero-order valence-electron chi connectivity index (χ0n) is 21.7. The molecule has 4 rings (SSSR count). The predicted molar refractivity (Wildman–Crippen MR) is 151 cm³/mol. The molecule has 0 spiro atoms. The molecular weight excluding hydrogens is 500 g/mol. The second-order valence-corrected chi connectivity index (χ2v) is 9.61. The minimum absolute atomic E-state index is 0.0426. The van der Waals surface area contributed by atoms with Crippen molar-refractivity contribution in [3.63, 3.8) is 0 Å². The van der Waals surface area contributed by atoms with Crippen molar-refractivity contribution in [2.75, 3.05) is 19.7 Å². The van der Waals surface area contributed by atoms with E-state index >= 15 is 0 Å². The van der Waals surface area contributed by atoms with Gasteiger partial charge in [-0.2, -0.15) is 5.10 Å². The monoisotopic (exact) mass is 530 g/mol. The summed E-state index contributed by atoms with van der Waals surface area (Å²) < 4.78 is 5.13. The molecule has 0 aromatic heterocycles. The number of rotatable bonds is 7. The number of nitrogens with one attached hydrogen (secondary N) is 1. The van der Waals surface area contributed by atoms with Crippen molar-refractivity contribution in [1.82, 2.24) is 10.3 Å². The van der Waals surface area contributed by atoms with E-state index in [1.807, 2.05) is 25.1 Å². The van der Waals surface area contributed by atoms with E-state index in [1.165, 1.54) is 0 Å². The molecule has 0 saturated heterocycles. The number of halogens is 1. The number of hydrogen-bond acceptors (Lipinski definition) is 5. The number of amides is 1. The van der Waals surface area contributed by atoms with Gasteiger partial charge in [0.05, 0.1) is 31.3 Å². The first-order chi connectivity index (χ1) is 18.4. The van der Waals surface area contributed by atoms with Crippen LogP contribution in [0.2, 0.25) is 5.02 Å². The van der Waals surface area contributed by atoms with Gasteiger partial charge in [0.25, 0.3) is 5.91 Å². The van der Waals surface area contributed by atoms with E-state index in [1.54, 1.807) is 43.1 Å². The highest BCUT2D eigenvalue weighted by atomic mass is 35.5. The first-order valence-corrected chi connectivity index (χ1v) is 13.0. The van der Waals surface area contributed by atoms with Gasteiger partial charge in [0.2, 0.25) is 5.96 Å². The van der Waals surface area contributed by atoms with Crippen LogP contribution in [0.5, 0.6) is 0 Å². The summed E-state index contributed by atoms with van der Waals surface area (Å²) in [6, 6.07) is 25.0. The van der Waals surface area contributed by atoms with Crippen molar-refractivity contribution in [3.8, 4) is 0 Å². The fourth-order valence-electron chi connectivity index (χ4n) is 4.11. The van der Waals surface area contributed by atoms with Crippen LogP contribution < -0.4 is 5.32 Å². The number of aliphatic imine (C=N–C) groups is 1. The molecule has 0 saturated carbocycles. The number of hydrazone groups is 1. The molecule has 2 atom stereocenters. The molecule has 1 aliphatic heterocycles. The highest BCUT2D eigenvalue weighted by Gasteiger charge is 2.32. The smallest absolute Gasteiger partial charge is 0.310 e. The molecule has 1 amide bonds. The Balaban J connectivity index is 1.68. The number of esters is 1. The first-order valence-electron chi connectivity index (χ1n) is 12.6. The molecule has 3 aromatic carbocycles. The second kappa shape index (κ2) is 12.5. The van der Waals surface area contributed by atoms with Gasteiger partial charge in [0, 0.05) is 16.5 Å². The summed E-state index contributed by atoms with van der Waals surface area (Å²) in [6.45, 7) is 6.46. The molecule has 0 radical (unpaired) electrons. The standard InChI is InChI=1S/C30H31ClN4O3/c1-4-38-29(37)21(3)18-32-30(33-28(36)24-14-16-25(31)17-15-24)35-19-26(22-8-6-5-7-9-22)27(34-35)23-12-10-20(2)11-13-23/h5-17,21,26H,4,18-19H2,1-3H3,(H,32,33,36). The number of benzene rings is 3. The van der Waals surface area contributed by atoms with Gasteiger partial charge in [0.1, 0.15) is 0 Å². The molecule has 1 aliphatic rings. The molecule has 7 nitrogen and oxygen atoms in total. The van der Waals surface area contributed by atoms with Gasteiger partial charge < -0.3 is 4.74 Å². The fraction of sp³-hybridized carbons (Fsp3) is 0.267. The highest BCUT2D eigenvalue weighted by molar-refractivity contribution is 6.30. The molecule has 38 heavy (non-hydrogen) atoms. The predicted octanol–water partition coefficient (Wildman–Crippen LogP) is 5.44. The molecule has 3 aromatic rings. The van der Waals surface area contributed by atoms with E-state index in [0.717, 1.165) is 22.4 Å². The third-order valence-electron chi connectivity index (χ3n) is 6.24. The van der Waals surface area contributed by atoms with Crippen molar-refractivity contribution in [2.45, 2.75) is 26.7 Å². The molecule has 196 valence electrons. The summed E-state index contributed by atoms with van der Waals surface area (Å²) in [5, 5.41) is 10.1. The van der Waals surface area contributed by atoms with Gasteiger partial charge in [0.15, 0.2) is 0 Å². The topological polar surface area (TPSA) is 83.4 Å². The van der Waals surface area contributed by atoms with Crippen molar-refractivity contribution < 1.29 is 14.3 Å². The number of ether oxygens (including phenoxy) is 1. The van der Waals surface area contributed by atoms with E-state index in [2.05, 4.69) is 46.7 Å². The van der Waals surface area contributed by atoms with Crippen LogP contribution in [0, 0.1) is 12.8 Å². The Kier molecular flexibility index (Phi) is 8.92. The Labute approximate surface area is 228 Å². The highest BCUT2D eigenvalue weighted by Crippen LogP contribution is 2.29. The number of nitrogens with zero attached hydrogens (tertiary/aromatic N) is 3. The minimum Gasteiger partial charge on any atom is -0.466 e. The van der Waals surface area contributed by atoms with Crippen molar-refractivity contribution in [1.29, 1.82) is 0 Å². The maximum atomic E-state index is 13.1. The van der Waals surface area contributed by atoms with Crippen LogP contribution in [0.25, 0.3) is 0 Å². The van der Waals surface area contributed by atoms with E-state index in [4.69, 9.17) is 21.4 Å². The molecule has 0 fully saturated rings. The van der Waals surface area contributed by atoms with E-state index in [0.29, 0.717) is 23.7 Å². The summed E-state index contributed by atoms with van der Waals surface area (Å²) in [5.41, 5.74) is 4.57. The van der Waals surface area contributed by atoms with Gasteiger partial charge in [-0.15, -0.1) is 0 Å². The lowest BCUT2D eigenvalue weighted by Crippen LogP contribution is -2.42. The average molecular weight is 531 g/mol. The summed E-state index contributed by atoms with van der Waals surface area (Å²) in [6.07, 6.45) is 0. The zero-order valence-corrected chi connectivity index (χ0v) is 22.5. The lowest BCUT2D eigenvalue weighted by atomic mass is 9.90. The van der Waals surface area contributed by atoms with E-state index in [-0.39, 0.29) is 30.3 Å². The van der Waals surface area contributed by atoms with Crippen molar-refractivity contribution >= 4 is 35.1 Å². The summed E-state index contributed by atoms with van der Waals surface area (Å²) >= 11 is 6.00. The minimum atomic E-state index is -0.481. The zero-order chi connectivity index (χ0) is 27.1. The first kappa shape index (κ1) is 27.1. The number of carbonyl (C=O) groups is 2. The third kappa shape index (κ3) is 6.66. The summed E-state index contributed by atoms with van der Waals surface area (Å²) in [7, 11) is 0. The number of hydrogen-bond donors (Lipinski definition) is 1. The van der Waals surface area contributed by atoms with Gasteiger partial charge >= 0.3 is 5.97 Å². The quantitative estimate of drug-likeness (QED) is 0.250. The van der Waals surface area contributed by atoms with Crippen LogP contribution in [0.4, 0.5) is 0 Å². The number of aryl methyl sites for hydroxylation is 1. The van der Waals surface area contributed by atoms with Crippen LogP contribution >= 0.6 is 11.6 Å². The Morgan fingerprint density at radius 1 is 1.08 bits per heavy atom. The number of guanidine groups is 1. The lowest BCUT2D eigenvalue weighted by molar-refractivity contribution is -0.146. The fourth-order valence-corrected chi connectivity index (χ4v) is 4.23. The number of carbonyl (C=O) groups excluding carboxylic acids is 2. The van der Waals surface area contributed by atoms with Crippen LogP contribution in [-0.2, 0) is 9.53 Å². The van der Waals surface area contributed by atoms with E-state index in [9.17, 15) is 9.59 Å². The van der Waals surface area contributed by atoms with E-state index < -0.39 is 5.92 Å². The molecular formula is C30H31ClN4O3. The van der Waals surface area contributed by atoms with Gasteiger partial charge in [-0.1, -0.05) is 78.7 Å². The van der Waals surface area contributed by atoms with Crippen molar-refractivity contribution in [3.05, 3.63) is 106 Å². The van der Waals surface area contributed by atoms with Gasteiger partial charge in [-0.25, -0.2) is 5.01 Å². The maximum absolute atomic E-state index is 13.1. The Morgan fingerprint density at radius 3 is 2.42 bits per heavy atom. The van der Waals surface area contributed by atoms with Crippen LogP contribution in [0.15, 0.2) is 89.0 Å². The summed E-state index contributed by atoms with van der Waals surface area (Å²) in [5.74, 6) is -0.944. The molecule has 1 N–H and O–H groups in total. The third-order valence-corrected chi connectivity index (χ3v) is 6.50. The molecule has 2 unspecified atom stereocenters. The van der Waals surface area contributed by atoms with Crippen molar-refractivity contribution in [2.24, 2.45) is 16.0 Å². The molecule has 0 bridgehead atoms. The lowest BCUT2D eigenvalue weighted by Gasteiger charge is -2.20. The second-order valence-electron chi connectivity index (χ2n) is 9.18. The average Bonchev–Trinajstić information content (AvgIpc) is 3.37. The van der Waals surface area contributed by atoms with Crippen LogP contribution in [-0.4, -0.2) is 48.3 Å². The molecule has 8 heteroatoms. The Hall–Kier alpha value is -3.97. The van der Waals surface area contributed by atoms with Crippen LogP contribution in [0.1, 0.15) is 46.8 Å². The SMILES string of the molecule is CCOC(=O)C(C)CN=C(NC(=O)c1ccc(Cl)cc1)N1CC(c2ccccc2)C(c2ccc(C)cc2)=N1. The normalized spacial score (nSPS) is 16.1. The Morgan fingerprint density at radius 2 is 1.76 bits per heavy atom. The summed E-state index contributed by atoms with van der Waals surface area (Å²) in [4.78, 5) is 30.0. The molecule has 1 heterocycles. The Bertz CT molecular complexity index is 1320. The largest absolute Gasteiger partial charge is 0.466 e.